The minimum Gasteiger partial charge on any atom is -0.309 e. The molecule has 0 heterocycles. The van der Waals surface area contributed by atoms with E-state index in [4.69, 9.17) is 0 Å². The highest BCUT2D eigenvalue weighted by molar-refractivity contribution is 5.88. The van der Waals surface area contributed by atoms with Crippen molar-refractivity contribution < 1.29 is 4.79 Å². The molecule has 0 fully saturated rings. The van der Waals surface area contributed by atoms with Crippen LogP contribution in [0, 0.1) is 5.41 Å². The van der Waals surface area contributed by atoms with Crippen molar-refractivity contribution in [2.45, 2.75) is 72.4 Å². The lowest BCUT2D eigenvalue weighted by atomic mass is 9.84. The Morgan fingerprint density at radius 2 is 1.58 bits per heavy atom. The number of ketones is 1. The van der Waals surface area contributed by atoms with Gasteiger partial charge in [0.1, 0.15) is 0 Å². The Morgan fingerprint density at radius 3 is 1.95 bits per heavy atom. The molecule has 3 nitrogen and oxygen atoms in total. The summed E-state index contributed by atoms with van der Waals surface area (Å²) < 4.78 is 0. The fourth-order valence-corrected chi connectivity index (χ4v) is 2.09. The molecule has 0 saturated heterocycles. The van der Waals surface area contributed by atoms with Crippen molar-refractivity contribution in [1.82, 2.24) is 10.2 Å². The van der Waals surface area contributed by atoms with E-state index in [0.717, 1.165) is 25.8 Å². The van der Waals surface area contributed by atoms with E-state index in [1.54, 1.807) is 0 Å². The third kappa shape index (κ3) is 9.17. The molecule has 0 unspecified atom stereocenters. The molecule has 0 amide bonds. The highest BCUT2D eigenvalue weighted by atomic mass is 16.1. The van der Waals surface area contributed by atoms with Gasteiger partial charge in [-0.3, -0.25) is 4.79 Å². The number of unbranched alkanes of at least 4 members (excludes halogenated alkanes) is 1. The molecule has 0 aromatic carbocycles. The van der Waals surface area contributed by atoms with Crippen LogP contribution in [0.15, 0.2) is 0 Å². The van der Waals surface area contributed by atoms with Crippen molar-refractivity contribution in [3.8, 4) is 0 Å². The molecule has 0 aliphatic rings. The van der Waals surface area contributed by atoms with Crippen LogP contribution in [0.3, 0.4) is 0 Å². The first-order valence-corrected chi connectivity index (χ1v) is 7.40. The first kappa shape index (κ1) is 18.6. The predicted octanol–water partition coefficient (Wildman–Crippen LogP) is 3.09. The first-order valence-electron chi connectivity index (χ1n) is 7.40. The maximum Gasteiger partial charge on any atom is 0.155 e. The standard InChI is InChI=1S/C16H34N2O/c1-15(2,3)14(19)13(17-16(4,5)6)11-9-10-12-18(7)8/h13,17H,9-12H2,1-8H3/t13-/m0/s1. The van der Waals surface area contributed by atoms with E-state index < -0.39 is 0 Å². The Hall–Kier alpha value is -0.410. The van der Waals surface area contributed by atoms with Crippen molar-refractivity contribution in [1.29, 1.82) is 0 Å². The van der Waals surface area contributed by atoms with Gasteiger partial charge in [0.05, 0.1) is 6.04 Å². The van der Waals surface area contributed by atoms with Crippen molar-refractivity contribution in [3.05, 3.63) is 0 Å². The number of carbonyl (C=O) groups is 1. The summed E-state index contributed by atoms with van der Waals surface area (Å²) in [6, 6.07) is -0.0258. The van der Waals surface area contributed by atoms with E-state index in [0.29, 0.717) is 5.78 Å². The Morgan fingerprint density at radius 1 is 1.05 bits per heavy atom. The highest BCUT2D eigenvalue weighted by Gasteiger charge is 2.31. The largest absolute Gasteiger partial charge is 0.309 e. The first-order chi connectivity index (χ1) is 8.43. The number of Topliss-reactive ketones (excluding diaryl/α,β-unsaturated/α-hetero) is 1. The molecule has 0 spiro atoms. The number of rotatable bonds is 7. The van der Waals surface area contributed by atoms with Crippen LogP contribution in [0.1, 0.15) is 60.8 Å². The van der Waals surface area contributed by atoms with E-state index in [-0.39, 0.29) is 17.0 Å². The minimum absolute atomic E-state index is 0.0207. The van der Waals surface area contributed by atoms with E-state index in [1.165, 1.54) is 0 Å². The molecule has 0 radical (unpaired) electrons. The molecule has 19 heavy (non-hydrogen) atoms. The third-order valence-electron chi connectivity index (χ3n) is 3.01. The van der Waals surface area contributed by atoms with Crippen LogP contribution in [-0.4, -0.2) is 42.9 Å². The number of hydrogen-bond acceptors (Lipinski definition) is 3. The molecule has 0 aromatic rings. The Labute approximate surface area is 120 Å². The van der Waals surface area contributed by atoms with E-state index in [9.17, 15) is 4.79 Å². The summed E-state index contributed by atoms with van der Waals surface area (Å²) in [5, 5.41) is 3.49. The molecule has 0 rings (SSSR count). The maximum atomic E-state index is 12.5. The smallest absolute Gasteiger partial charge is 0.155 e. The monoisotopic (exact) mass is 270 g/mol. The van der Waals surface area contributed by atoms with Gasteiger partial charge in [0, 0.05) is 11.0 Å². The summed E-state index contributed by atoms with van der Waals surface area (Å²) in [6.07, 6.45) is 3.17. The number of hydrogen-bond donors (Lipinski definition) is 1. The van der Waals surface area contributed by atoms with Gasteiger partial charge < -0.3 is 10.2 Å². The van der Waals surface area contributed by atoms with Crippen LogP contribution in [0.5, 0.6) is 0 Å². The lowest BCUT2D eigenvalue weighted by molar-refractivity contribution is -0.129. The number of nitrogens with one attached hydrogen (secondary N) is 1. The van der Waals surface area contributed by atoms with Gasteiger partial charge in [-0.1, -0.05) is 27.2 Å². The molecule has 1 N–H and O–H groups in total. The van der Waals surface area contributed by atoms with Gasteiger partial charge in [-0.2, -0.15) is 0 Å². The third-order valence-corrected chi connectivity index (χ3v) is 3.01. The quantitative estimate of drug-likeness (QED) is 0.722. The van der Waals surface area contributed by atoms with Crippen LogP contribution in [-0.2, 0) is 4.79 Å². The average Bonchev–Trinajstić information content (AvgIpc) is 2.18. The normalized spacial score (nSPS) is 14.8. The maximum absolute atomic E-state index is 12.5. The molecule has 3 heteroatoms. The van der Waals surface area contributed by atoms with Crippen LogP contribution in [0.25, 0.3) is 0 Å². The number of nitrogens with zero attached hydrogens (tertiary/aromatic N) is 1. The Bertz CT molecular complexity index is 271. The van der Waals surface area contributed by atoms with Gasteiger partial charge in [0.2, 0.25) is 0 Å². The molecule has 0 bridgehead atoms. The summed E-state index contributed by atoms with van der Waals surface area (Å²) in [6.45, 7) is 13.5. The topological polar surface area (TPSA) is 32.3 Å². The zero-order valence-corrected chi connectivity index (χ0v) is 14.3. The zero-order valence-electron chi connectivity index (χ0n) is 14.3. The highest BCUT2D eigenvalue weighted by Crippen LogP contribution is 2.21. The Kier molecular flexibility index (Phi) is 7.23. The Balaban J connectivity index is 4.48. The molecule has 114 valence electrons. The SMILES string of the molecule is CN(C)CCCC[C@H](NC(C)(C)C)C(=O)C(C)(C)C. The lowest BCUT2D eigenvalue weighted by Crippen LogP contribution is -2.50. The van der Waals surface area contributed by atoms with Crippen LogP contribution < -0.4 is 5.32 Å². The van der Waals surface area contributed by atoms with Crippen LogP contribution in [0.2, 0.25) is 0 Å². The van der Waals surface area contributed by atoms with Crippen molar-refractivity contribution in [2.75, 3.05) is 20.6 Å². The second kappa shape index (κ2) is 7.39. The second-order valence-electron chi connectivity index (χ2n) is 7.86. The molecule has 0 aromatic heterocycles. The number of carbonyl (C=O) groups excluding carboxylic acids is 1. The summed E-state index contributed by atoms with van der Waals surface area (Å²) in [5.41, 5.74) is -0.294. The molecule has 0 aliphatic heterocycles. The van der Waals surface area contributed by atoms with Crippen LogP contribution >= 0.6 is 0 Å². The molecular weight excluding hydrogens is 236 g/mol. The molecular formula is C16H34N2O. The second-order valence-corrected chi connectivity index (χ2v) is 7.86. The van der Waals surface area contributed by atoms with E-state index in [1.807, 2.05) is 20.8 Å². The molecule has 0 saturated carbocycles. The van der Waals surface area contributed by atoms with Crippen molar-refractivity contribution >= 4 is 5.78 Å². The fraction of sp³-hybridized carbons (Fsp3) is 0.938. The van der Waals surface area contributed by atoms with Gasteiger partial charge in [0.25, 0.3) is 0 Å². The summed E-state index contributed by atoms with van der Waals surface area (Å²) in [4.78, 5) is 14.7. The lowest BCUT2D eigenvalue weighted by Gasteiger charge is -2.32. The molecule has 1 atom stereocenters. The van der Waals surface area contributed by atoms with E-state index in [2.05, 4.69) is 45.1 Å². The summed E-state index contributed by atoms with van der Waals surface area (Å²) in [7, 11) is 4.18. The summed E-state index contributed by atoms with van der Waals surface area (Å²) in [5.74, 6) is 0.326. The summed E-state index contributed by atoms with van der Waals surface area (Å²) >= 11 is 0. The zero-order chi connectivity index (χ0) is 15.3. The predicted molar refractivity (Wildman–Crippen MR) is 83.5 cm³/mol. The van der Waals surface area contributed by atoms with Gasteiger partial charge in [0.15, 0.2) is 5.78 Å². The fourth-order valence-electron chi connectivity index (χ4n) is 2.09. The van der Waals surface area contributed by atoms with Gasteiger partial charge in [-0.15, -0.1) is 0 Å². The van der Waals surface area contributed by atoms with E-state index >= 15 is 0 Å². The van der Waals surface area contributed by atoms with Crippen molar-refractivity contribution in [3.63, 3.8) is 0 Å². The van der Waals surface area contributed by atoms with Crippen LogP contribution in [0.4, 0.5) is 0 Å². The minimum atomic E-state index is -0.273. The van der Waals surface area contributed by atoms with Crippen molar-refractivity contribution in [2.24, 2.45) is 5.41 Å². The van der Waals surface area contributed by atoms with Gasteiger partial charge in [-0.05, 0) is 54.3 Å². The average molecular weight is 270 g/mol. The molecule has 0 aliphatic carbocycles. The van der Waals surface area contributed by atoms with Gasteiger partial charge >= 0.3 is 0 Å². The van der Waals surface area contributed by atoms with Gasteiger partial charge in [-0.25, -0.2) is 0 Å².